The summed E-state index contributed by atoms with van der Waals surface area (Å²) in [5.74, 6) is 0.794. The molecule has 0 aliphatic carbocycles. The van der Waals surface area contributed by atoms with Gasteiger partial charge in [0, 0.05) is 12.6 Å². The van der Waals surface area contributed by atoms with E-state index < -0.39 is 6.10 Å². The Morgan fingerprint density at radius 2 is 1.84 bits per heavy atom. The van der Waals surface area contributed by atoms with Gasteiger partial charge in [-0.05, 0) is 22.9 Å². The molecule has 1 atom stereocenters. The van der Waals surface area contributed by atoms with Crippen molar-refractivity contribution in [3.63, 3.8) is 0 Å². The van der Waals surface area contributed by atoms with Crippen LogP contribution in [-0.2, 0) is 0 Å². The molecule has 0 amide bonds. The number of nitrogens with one attached hydrogen (secondary N) is 1. The van der Waals surface area contributed by atoms with Crippen LogP contribution < -0.4 is 10.1 Å². The van der Waals surface area contributed by atoms with E-state index >= 15 is 0 Å². The van der Waals surface area contributed by atoms with Crippen molar-refractivity contribution in [3.05, 3.63) is 42.5 Å². The van der Waals surface area contributed by atoms with Crippen LogP contribution in [0.15, 0.2) is 42.5 Å². The SMILES string of the molecule is CC(C)NC[C@@H](O)COc1ccc2ccccc2c1. The molecule has 0 spiro atoms. The molecule has 0 saturated heterocycles. The van der Waals surface area contributed by atoms with Gasteiger partial charge in [0.2, 0.25) is 0 Å². The van der Waals surface area contributed by atoms with Crippen LogP contribution in [0.2, 0.25) is 0 Å². The summed E-state index contributed by atoms with van der Waals surface area (Å²) in [6, 6.07) is 14.5. The molecule has 102 valence electrons. The highest BCUT2D eigenvalue weighted by Crippen LogP contribution is 2.20. The second kappa shape index (κ2) is 6.55. The molecule has 2 rings (SSSR count). The number of rotatable bonds is 6. The normalized spacial score (nSPS) is 12.8. The molecule has 2 aromatic rings. The van der Waals surface area contributed by atoms with Crippen molar-refractivity contribution in [2.24, 2.45) is 0 Å². The Morgan fingerprint density at radius 3 is 2.58 bits per heavy atom. The third-order valence-corrected chi connectivity index (χ3v) is 2.93. The Kier molecular flexibility index (Phi) is 4.77. The Labute approximate surface area is 114 Å². The van der Waals surface area contributed by atoms with Crippen molar-refractivity contribution in [2.75, 3.05) is 13.2 Å². The number of hydrogen-bond donors (Lipinski definition) is 2. The number of aliphatic hydroxyl groups is 1. The molecule has 0 aliphatic heterocycles. The summed E-state index contributed by atoms with van der Waals surface area (Å²) in [6.07, 6.45) is -0.492. The summed E-state index contributed by atoms with van der Waals surface area (Å²) in [7, 11) is 0. The van der Waals surface area contributed by atoms with Gasteiger partial charge in [0.1, 0.15) is 18.5 Å². The van der Waals surface area contributed by atoms with Crippen molar-refractivity contribution in [2.45, 2.75) is 26.0 Å². The average molecular weight is 259 g/mol. The lowest BCUT2D eigenvalue weighted by Gasteiger charge is -2.15. The summed E-state index contributed by atoms with van der Waals surface area (Å²) in [5.41, 5.74) is 0. The molecule has 19 heavy (non-hydrogen) atoms. The van der Waals surface area contributed by atoms with Crippen LogP contribution in [0.4, 0.5) is 0 Å². The van der Waals surface area contributed by atoms with Crippen molar-refractivity contribution < 1.29 is 9.84 Å². The fourth-order valence-electron chi connectivity index (χ4n) is 1.88. The van der Waals surface area contributed by atoms with E-state index in [-0.39, 0.29) is 0 Å². The van der Waals surface area contributed by atoms with Gasteiger partial charge >= 0.3 is 0 Å². The maximum atomic E-state index is 9.79. The monoisotopic (exact) mass is 259 g/mol. The first-order chi connectivity index (χ1) is 9.15. The fraction of sp³-hybridized carbons (Fsp3) is 0.375. The lowest BCUT2D eigenvalue weighted by molar-refractivity contribution is 0.105. The highest BCUT2D eigenvalue weighted by Gasteiger charge is 2.06. The quantitative estimate of drug-likeness (QED) is 0.838. The van der Waals surface area contributed by atoms with Gasteiger partial charge in [0.15, 0.2) is 0 Å². The summed E-state index contributed by atoms with van der Waals surface area (Å²) in [4.78, 5) is 0. The van der Waals surface area contributed by atoms with Gasteiger partial charge in [0.05, 0.1) is 0 Å². The Morgan fingerprint density at radius 1 is 1.11 bits per heavy atom. The van der Waals surface area contributed by atoms with Crippen molar-refractivity contribution in [1.82, 2.24) is 5.32 Å². The molecule has 3 heteroatoms. The van der Waals surface area contributed by atoms with Gasteiger partial charge < -0.3 is 15.2 Å². The third kappa shape index (κ3) is 4.23. The van der Waals surface area contributed by atoms with E-state index in [0.717, 1.165) is 11.1 Å². The third-order valence-electron chi connectivity index (χ3n) is 2.93. The maximum Gasteiger partial charge on any atom is 0.120 e. The van der Waals surface area contributed by atoms with Gasteiger partial charge in [-0.1, -0.05) is 44.2 Å². The molecule has 0 bridgehead atoms. The largest absolute Gasteiger partial charge is 0.491 e. The van der Waals surface area contributed by atoms with Crippen LogP contribution in [0.3, 0.4) is 0 Å². The number of fused-ring (bicyclic) bond motifs is 1. The van der Waals surface area contributed by atoms with Gasteiger partial charge in [-0.25, -0.2) is 0 Å². The van der Waals surface area contributed by atoms with Crippen LogP contribution in [0.25, 0.3) is 10.8 Å². The predicted molar refractivity (Wildman–Crippen MR) is 78.6 cm³/mol. The molecule has 3 nitrogen and oxygen atoms in total. The highest BCUT2D eigenvalue weighted by atomic mass is 16.5. The van der Waals surface area contributed by atoms with Gasteiger partial charge in [-0.2, -0.15) is 0 Å². The lowest BCUT2D eigenvalue weighted by atomic mass is 10.1. The zero-order chi connectivity index (χ0) is 13.7. The predicted octanol–water partition coefficient (Wildman–Crippen LogP) is 2.58. The van der Waals surface area contributed by atoms with E-state index in [9.17, 15) is 5.11 Å². The molecule has 2 N–H and O–H groups in total. The Hall–Kier alpha value is -1.58. The molecule has 0 radical (unpaired) electrons. The molecule has 0 saturated carbocycles. The van der Waals surface area contributed by atoms with E-state index in [2.05, 4.69) is 31.3 Å². The minimum Gasteiger partial charge on any atom is -0.491 e. The minimum absolute atomic E-state index is 0.304. The molecule has 0 fully saturated rings. The van der Waals surface area contributed by atoms with E-state index in [4.69, 9.17) is 4.74 Å². The van der Waals surface area contributed by atoms with Gasteiger partial charge in [-0.3, -0.25) is 0 Å². The first-order valence-electron chi connectivity index (χ1n) is 6.68. The standard InChI is InChI=1S/C16H21NO2/c1-12(2)17-10-15(18)11-19-16-8-7-13-5-3-4-6-14(13)9-16/h3-9,12,15,17-18H,10-11H2,1-2H3/t15-/m1/s1. The van der Waals surface area contributed by atoms with Crippen molar-refractivity contribution >= 4 is 10.8 Å². The molecular formula is C16H21NO2. The number of benzene rings is 2. The van der Waals surface area contributed by atoms with Crippen LogP contribution in [0.1, 0.15) is 13.8 Å². The fourth-order valence-corrected chi connectivity index (χ4v) is 1.88. The lowest BCUT2D eigenvalue weighted by Crippen LogP contribution is -2.35. The van der Waals surface area contributed by atoms with Crippen molar-refractivity contribution in [1.29, 1.82) is 0 Å². The smallest absolute Gasteiger partial charge is 0.120 e. The summed E-state index contributed by atoms with van der Waals surface area (Å²) < 4.78 is 5.62. The zero-order valence-corrected chi connectivity index (χ0v) is 11.5. The molecule has 2 aromatic carbocycles. The molecule has 0 aliphatic rings. The highest BCUT2D eigenvalue weighted by molar-refractivity contribution is 5.83. The van der Waals surface area contributed by atoms with E-state index in [1.165, 1.54) is 5.39 Å². The number of hydrogen-bond acceptors (Lipinski definition) is 3. The number of aliphatic hydroxyl groups excluding tert-OH is 1. The molecular weight excluding hydrogens is 238 g/mol. The topological polar surface area (TPSA) is 41.5 Å². The van der Waals surface area contributed by atoms with Crippen LogP contribution in [0, 0.1) is 0 Å². The Balaban J connectivity index is 1.90. The van der Waals surface area contributed by atoms with E-state index in [1.807, 2.05) is 30.3 Å². The molecule has 0 heterocycles. The zero-order valence-electron chi connectivity index (χ0n) is 11.5. The second-order valence-corrected chi connectivity index (χ2v) is 5.04. The number of ether oxygens (including phenoxy) is 1. The van der Waals surface area contributed by atoms with E-state index in [0.29, 0.717) is 19.2 Å². The van der Waals surface area contributed by atoms with E-state index in [1.54, 1.807) is 0 Å². The summed E-state index contributed by atoms with van der Waals surface area (Å²) in [5, 5.41) is 15.3. The maximum absolute atomic E-state index is 9.79. The van der Waals surface area contributed by atoms with Crippen molar-refractivity contribution in [3.8, 4) is 5.75 Å². The van der Waals surface area contributed by atoms with Crippen LogP contribution in [-0.4, -0.2) is 30.4 Å². The van der Waals surface area contributed by atoms with Crippen LogP contribution in [0.5, 0.6) is 5.75 Å². The summed E-state index contributed by atoms with van der Waals surface area (Å²) >= 11 is 0. The molecule has 0 aromatic heterocycles. The van der Waals surface area contributed by atoms with Gasteiger partial charge in [0.25, 0.3) is 0 Å². The average Bonchev–Trinajstić information content (AvgIpc) is 2.42. The van der Waals surface area contributed by atoms with Gasteiger partial charge in [-0.15, -0.1) is 0 Å². The summed E-state index contributed by atoms with van der Waals surface area (Å²) in [6.45, 7) is 4.96. The molecule has 0 unspecified atom stereocenters. The van der Waals surface area contributed by atoms with Crippen LogP contribution >= 0.6 is 0 Å². The first-order valence-corrected chi connectivity index (χ1v) is 6.68. The Bertz CT molecular complexity index is 525. The minimum atomic E-state index is -0.492. The first kappa shape index (κ1) is 13.8. The second-order valence-electron chi connectivity index (χ2n) is 5.04.